The molecule has 0 spiro atoms. The van der Waals surface area contributed by atoms with E-state index in [1.54, 1.807) is 17.1 Å². The van der Waals surface area contributed by atoms with Crippen LogP contribution in [0.3, 0.4) is 0 Å². The van der Waals surface area contributed by atoms with Gasteiger partial charge in [-0.3, -0.25) is 4.79 Å². The number of amides is 1. The van der Waals surface area contributed by atoms with Crippen LogP contribution in [0.1, 0.15) is 18.9 Å². The third-order valence-corrected chi connectivity index (χ3v) is 3.24. The summed E-state index contributed by atoms with van der Waals surface area (Å²) in [5.41, 5.74) is 7.41. The number of nitrogen functional groups attached to an aromatic ring is 1. The van der Waals surface area contributed by atoms with Crippen LogP contribution in [-0.4, -0.2) is 43.7 Å². The van der Waals surface area contributed by atoms with Gasteiger partial charge >= 0.3 is 0 Å². The molecule has 1 aromatic carbocycles. The second-order valence-electron chi connectivity index (χ2n) is 4.92. The Morgan fingerprint density at radius 2 is 2.19 bits per heavy atom. The van der Waals surface area contributed by atoms with Crippen molar-refractivity contribution >= 4 is 17.7 Å². The first-order valence-corrected chi connectivity index (χ1v) is 7.27. The molecular weight excluding hydrogens is 268 g/mol. The second kappa shape index (κ2) is 7.69. The van der Waals surface area contributed by atoms with Crippen LogP contribution >= 0.6 is 0 Å². The molecule has 1 aliphatic rings. The number of carbonyl (C=O) groups is 1. The number of hydrogen-bond donors (Lipinski definition) is 1. The summed E-state index contributed by atoms with van der Waals surface area (Å²) in [4.78, 5) is 13.8. The summed E-state index contributed by atoms with van der Waals surface area (Å²) >= 11 is 0. The molecular formula is C16H22N2O3. The minimum atomic E-state index is 0.00295. The molecule has 1 aromatic rings. The number of nitrogens with zero attached hydrogens (tertiary/aromatic N) is 1. The van der Waals surface area contributed by atoms with Crippen molar-refractivity contribution in [3.05, 3.63) is 29.8 Å². The number of nitrogens with two attached hydrogens (primary N) is 1. The zero-order chi connectivity index (χ0) is 15.1. The van der Waals surface area contributed by atoms with E-state index in [0.717, 1.165) is 12.0 Å². The molecule has 5 nitrogen and oxygen atoms in total. The summed E-state index contributed by atoms with van der Waals surface area (Å²) in [5, 5.41) is 0. The molecule has 114 valence electrons. The number of morpholine rings is 1. The predicted molar refractivity (Wildman–Crippen MR) is 83.1 cm³/mol. The van der Waals surface area contributed by atoms with Crippen molar-refractivity contribution in [3.8, 4) is 5.75 Å². The van der Waals surface area contributed by atoms with Crippen molar-refractivity contribution in [2.24, 2.45) is 0 Å². The molecule has 1 heterocycles. The quantitative estimate of drug-likeness (QED) is 0.665. The highest BCUT2D eigenvalue weighted by molar-refractivity contribution is 5.92. The van der Waals surface area contributed by atoms with Gasteiger partial charge in [0.15, 0.2) is 0 Å². The van der Waals surface area contributed by atoms with E-state index in [-0.39, 0.29) is 5.91 Å². The maximum absolute atomic E-state index is 12.0. The van der Waals surface area contributed by atoms with Gasteiger partial charge in [0, 0.05) is 19.2 Å². The molecule has 0 radical (unpaired) electrons. The maximum Gasteiger partial charge on any atom is 0.246 e. The fraction of sp³-hybridized carbons (Fsp3) is 0.438. The van der Waals surface area contributed by atoms with E-state index in [2.05, 4.69) is 0 Å². The Hall–Kier alpha value is -2.01. The number of carbonyl (C=O) groups excluding carboxylic acids is 1. The van der Waals surface area contributed by atoms with Crippen LogP contribution in [0.4, 0.5) is 5.69 Å². The Kier molecular flexibility index (Phi) is 5.63. The first-order valence-electron chi connectivity index (χ1n) is 7.27. The van der Waals surface area contributed by atoms with Crippen LogP contribution in [0.25, 0.3) is 6.08 Å². The zero-order valence-corrected chi connectivity index (χ0v) is 12.4. The molecule has 0 unspecified atom stereocenters. The Bertz CT molecular complexity index is 508. The Labute approximate surface area is 125 Å². The van der Waals surface area contributed by atoms with Gasteiger partial charge in [-0.05, 0) is 30.2 Å². The summed E-state index contributed by atoms with van der Waals surface area (Å²) in [7, 11) is 0. The molecule has 0 aromatic heterocycles. The zero-order valence-electron chi connectivity index (χ0n) is 12.4. The summed E-state index contributed by atoms with van der Waals surface area (Å²) in [6.07, 6.45) is 4.29. The van der Waals surface area contributed by atoms with Gasteiger partial charge in [0.25, 0.3) is 0 Å². The fourth-order valence-corrected chi connectivity index (χ4v) is 2.07. The van der Waals surface area contributed by atoms with Gasteiger partial charge in [-0.15, -0.1) is 0 Å². The number of anilines is 1. The van der Waals surface area contributed by atoms with Crippen LogP contribution in [0, 0.1) is 0 Å². The Morgan fingerprint density at radius 3 is 2.86 bits per heavy atom. The molecule has 0 bridgehead atoms. The van der Waals surface area contributed by atoms with Gasteiger partial charge in [0.2, 0.25) is 5.91 Å². The number of ether oxygens (including phenoxy) is 2. The average molecular weight is 290 g/mol. The molecule has 2 rings (SSSR count). The van der Waals surface area contributed by atoms with Crippen LogP contribution in [0.2, 0.25) is 0 Å². The lowest BCUT2D eigenvalue weighted by Gasteiger charge is -2.25. The first-order chi connectivity index (χ1) is 10.2. The molecule has 1 amide bonds. The van der Waals surface area contributed by atoms with E-state index in [1.807, 2.05) is 25.1 Å². The van der Waals surface area contributed by atoms with Crippen LogP contribution in [-0.2, 0) is 9.53 Å². The standard InChI is InChI=1S/C16H22N2O3/c1-2-9-21-15-5-3-13(12-14(15)17)4-6-16(19)18-7-10-20-11-8-18/h3-6,12H,2,7-11,17H2,1H3/b6-4-. The minimum Gasteiger partial charge on any atom is -0.491 e. The molecule has 0 saturated carbocycles. The highest BCUT2D eigenvalue weighted by atomic mass is 16.5. The number of rotatable bonds is 5. The number of hydrogen-bond acceptors (Lipinski definition) is 4. The SMILES string of the molecule is CCCOc1ccc(/C=C\C(=O)N2CCOCC2)cc1N. The monoisotopic (exact) mass is 290 g/mol. The highest BCUT2D eigenvalue weighted by Gasteiger charge is 2.13. The lowest BCUT2D eigenvalue weighted by atomic mass is 10.1. The summed E-state index contributed by atoms with van der Waals surface area (Å²) in [6, 6.07) is 5.54. The predicted octanol–water partition coefficient (Wildman–Crippen LogP) is 1.93. The van der Waals surface area contributed by atoms with Crippen LogP contribution < -0.4 is 10.5 Å². The first kappa shape index (κ1) is 15.4. The molecule has 0 atom stereocenters. The van der Waals surface area contributed by atoms with E-state index in [1.165, 1.54) is 0 Å². The van der Waals surface area contributed by atoms with Crippen molar-refractivity contribution in [2.45, 2.75) is 13.3 Å². The molecule has 0 aliphatic carbocycles. The van der Waals surface area contributed by atoms with E-state index in [4.69, 9.17) is 15.2 Å². The van der Waals surface area contributed by atoms with Crippen molar-refractivity contribution in [1.29, 1.82) is 0 Å². The van der Waals surface area contributed by atoms with E-state index in [0.29, 0.717) is 44.3 Å². The van der Waals surface area contributed by atoms with Gasteiger partial charge in [-0.1, -0.05) is 13.0 Å². The highest BCUT2D eigenvalue weighted by Crippen LogP contribution is 2.23. The van der Waals surface area contributed by atoms with Gasteiger partial charge < -0.3 is 20.1 Å². The lowest BCUT2D eigenvalue weighted by Crippen LogP contribution is -2.39. The maximum atomic E-state index is 12.0. The molecule has 1 fully saturated rings. The normalized spacial score (nSPS) is 15.4. The smallest absolute Gasteiger partial charge is 0.246 e. The molecule has 5 heteroatoms. The van der Waals surface area contributed by atoms with E-state index < -0.39 is 0 Å². The number of benzene rings is 1. The molecule has 1 saturated heterocycles. The topological polar surface area (TPSA) is 64.8 Å². The minimum absolute atomic E-state index is 0.00295. The summed E-state index contributed by atoms with van der Waals surface area (Å²) in [6.45, 7) is 5.20. The van der Waals surface area contributed by atoms with Gasteiger partial charge in [0.05, 0.1) is 25.5 Å². The summed E-state index contributed by atoms with van der Waals surface area (Å²) < 4.78 is 10.7. The Morgan fingerprint density at radius 1 is 1.43 bits per heavy atom. The molecule has 1 aliphatic heterocycles. The van der Waals surface area contributed by atoms with Crippen molar-refractivity contribution in [2.75, 3.05) is 38.6 Å². The third kappa shape index (κ3) is 4.49. The third-order valence-electron chi connectivity index (χ3n) is 3.24. The van der Waals surface area contributed by atoms with Crippen LogP contribution in [0.15, 0.2) is 24.3 Å². The van der Waals surface area contributed by atoms with Gasteiger partial charge in [-0.2, -0.15) is 0 Å². The average Bonchev–Trinajstić information content (AvgIpc) is 2.52. The van der Waals surface area contributed by atoms with Crippen molar-refractivity contribution < 1.29 is 14.3 Å². The van der Waals surface area contributed by atoms with Crippen molar-refractivity contribution in [3.63, 3.8) is 0 Å². The van der Waals surface area contributed by atoms with E-state index in [9.17, 15) is 4.79 Å². The lowest BCUT2D eigenvalue weighted by molar-refractivity contribution is -0.129. The van der Waals surface area contributed by atoms with Gasteiger partial charge in [-0.25, -0.2) is 0 Å². The largest absolute Gasteiger partial charge is 0.491 e. The van der Waals surface area contributed by atoms with Gasteiger partial charge in [0.1, 0.15) is 5.75 Å². The molecule has 21 heavy (non-hydrogen) atoms. The fourth-order valence-electron chi connectivity index (χ4n) is 2.07. The van der Waals surface area contributed by atoms with Crippen molar-refractivity contribution in [1.82, 2.24) is 4.90 Å². The van der Waals surface area contributed by atoms with Crippen LogP contribution in [0.5, 0.6) is 5.75 Å². The second-order valence-corrected chi connectivity index (χ2v) is 4.92. The van der Waals surface area contributed by atoms with E-state index >= 15 is 0 Å². The summed E-state index contributed by atoms with van der Waals surface area (Å²) in [5.74, 6) is 0.691. The Balaban J connectivity index is 1.97. The molecule has 2 N–H and O–H groups in total.